The average molecular weight is 190 g/mol. The van der Waals surface area contributed by atoms with Crippen LogP contribution in [0.25, 0.3) is 5.65 Å². The standard InChI is InChI=1S/C11H11FN2/c1-7-4-9(12)11-13-10(8-2-3-8)6-14(11)5-7/h4-6,8H,2-3H2,1H3. The van der Waals surface area contributed by atoms with Crippen molar-refractivity contribution in [1.29, 1.82) is 0 Å². The normalized spacial score (nSPS) is 16.4. The van der Waals surface area contributed by atoms with Crippen LogP contribution >= 0.6 is 0 Å². The first kappa shape index (κ1) is 7.97. The van der Waals surface area contributed by atoms with E-state index < -0.39 is 0 Å². The highest BCUT2D eigenvalue weighted by molar-refractivity contribution is 5.44. The molecule has 0 aliphatic heterocycles. The van der Waals surface area contributed by atoms with Crippen LogP contribution in [0.4, 0.5) is 4.39 Å². The molecular formula is C11H11FN2. The smallest absolute Gasteiger partial charge is 0.173 e. The predicted octanol–water partition coefficient (Wildman–Crippen LogP) is 2.66. The molecule has 3 rings (SSSR count). The lowest BCUT2D eigenvalue weighted by molar-refractivity contribution is 0.628. The van der Waals surface area contributed by atoms with Crippen LogP contribution in [0.2, 0.25) is 0 Å². The molecule has 0 atom stereocenters. The summed E-state index contributed by atoms with van der Waals surface area (Å²) in [4.78, 5) is 4.30. The van der Waals surface area contributed by atoms with Crippen molar-refractivity contribution in [3.05, 3.63) is 35.5 Å². The first-order valence-electron chi connectivity index (χ1n) is 4.89. The van der Waals surface area contributed by atoms with Gasteiger partial charge in [-0.2, -0.15) is 0 Å². The number of hydrogen-bond donors (Lipinski definition) is 0. The summed E-state index contributed by atoms with van der Waals surface area (Å²) in [7, 11) is 0. The predicted molar refractivity (Wildman–Crippen MR) is 51.9 cm³/mol. The molecule has 14 heavy (non-hydrogen) atoms. The van der Waals surface area contributed by atoms with Gasteiger partial charge in [0, 0.05) is 18.3 Å². The molecule has 1 fully saturated rings. The van der Waals surface area contributed by atoms with Gasteiger partial charge < -0.3 is 4.40 Å². The molecule has 0 radical (unpaired) electrons. The Labute approximate surface area is 81.4 Å². The van der Waals surface area contributed by atoms with Crippen LogP contribution < -0.4 is 0 Å². The van der Waals surface area contributed by atoms with E-state index in [1.807, 2.05) is 19.3 Å². The Balaban J connectivity index is 2.26. The van der Waals surface area contributed by atoms with Crippen LogP contribution in [0.3, 0.4) is 0 Å². The van der Waals surface area contributed by atoms with Gasteiger partial charge in [0.15, 0.2) is 11.5 Å². The van der Waals surface area contributed by atoms with Crippen LogP contribution in [-0.4, -0.2) is 9.38 Å². The Bertz CT molecular complexity index is 497. The Morgan fingerprint density at radius 3 is 2.93 bits per heavy atom. The second kappa shape index (κ2) is 2.56. The fraction of sp³-hybridized carbons (Fsp3) is 0.364. The van der Waals surface area contributed by atoms with E-state index in [4.69, 9.17) is 0 Å². The van der Waals surface area contributed by atoms with Crippen molar-refractivity contribution in [2.24, 2.45) is 0 Å². The third-order valence-electron chi connectivity index (χ3n) is 2.66. The molecule has 0 spiro atoms. The van der Waals surface area contributed by atoms with Gasteiger partial charge in [-0.25, -0.2) is 9.37 Å². The zero-order valence-corrected chi connectivity index (χ0v) is 8.00. The summed E-state index contributed by atoms with van der Waals surface area (Å²) >= 11 is 0. The van der Waals surface area contributed by atoms with E-state index >= 15 is 0 Å². The van der Waals surface area contributed by atoms with Crippen molar-refractivity contribution in [2.75, 3.05) is 0 Å². The van der Waals surface area contributed by atoms with E-state index in [1.54, 1.807) is 4.40 Å². The second-order valence-corrected chi connectivity index (χ2v) is 4.04. The number of hydrogen-bond acceptors (Lipinski definition) is 1. The van der Waals surface area contributed by atoms with Crippen molar-refractivity contribution < 1.29 is 4.39 Å². The maximum absolute atomic E-state index is 13.5. The van der Waals surface area contributed by atoms with Gasteiger partial charge in [-0.3, -0.25) is 0 Å². The Morgan fingerprint density at radius 1 is 1.43 bits per heavy atom. The number of nitrogens with zero attached hydrogens (tertiary/aromatic N) is 2. The number of pyridine rings is 1. The van der Waals surface area contributed by atoms with Gasteiger partial charge in [0.25, 0.3) is 0 Å². The molecule has 0 N–H and O–H groups in total. The summed E-state index contributed by atoms with van der Waals surface area (Å²) in [6.07, 6.45) is 6.26. The summed E-state index contributed by atoms with van der Waals surface area (Å²) in [6.45, 7) is 1.89. The van der Waals surface area contributed by atoms with E-state index in [1.165, 1.54) is 18.9 Å². The van der Waals surface area contributed by atoms with Crippen molar-refractivity contribution in [1.82, 2.24) is 9.38 Å². The third kappa shape index (κ3) is 1.12. The maximum atomic E-state index is 13.5. The molecule has 3 heteroatoms. The summed E-state index contributed by atoms with van der Waals surface area (Å²) in [6, 6.07) is 1.53. The van der Waals surface area contributed by atoms with Crippen molar-refractivity contribution in [2.45, 2.75) is 25.7 Å². The molecule has 1 aliphatic carbocycles. The largest absolute Gasteiger partial charge is 0.304 e. The molecule has 2 heterocycles. The fourth-order valence-corrected chi connectivity index (χ4v) is 1.78. The molecule has 1 aliphatic rings. The van der Waals surface area contributed by atoms with E-state index in [0.29, 0.717) is 11.6 Å². The van der Waals surface area contributed by atoms with Gasteiger partial charge in [0.1, 0.15) is 0 Å². The van der Waals surface area contributed by atoms with Crippen molar-refractivity contribution in [3.63, 3.8) is 0 Å². The lowest BCUT2D eigenvalue weighted by atomic mass is 10.3. The molecule has 2 nitrogen and oxygen atoms in total. The van der Waals surface area contributed by atoms with Crippen molar-refractivity contribution in [3.8, 4) is 0 Å². The van der Waals surface area contributed by atoms with Gasteiger partial charge in [-0.05, 0) is 31.4 Å². The van der Waals surface area contributed by atoms with Crippen LogP contribution in [0, 0.1) is 12.7 Å². The Morgan fingerprint density at radius 2 is 2.21 bits per heavy atom. The molecule has 0 aromatic carbocycles. The number of rotatable bonds is 1. The number of aryl methyl sites for hydroxylation is 1. The van der Waals surface area contributed by atoms with Crippen LogP contribution in [0.15, 0.2) is 18.5 Å². The number of aromatic nitrogens is 2. The van der Waals surface area contributed by atoms with Gasteiger partial charge in [0.2, 0.25) is 0 Å². The number of imidazole rings is 1. The summed E-state index contributed by atoms with van der Waals surface area (Å²) < 4.78 is 15.3. The van der Waals surface area contributed by atoms with E-state index in [2.05, 4.69) is 4.98 Å². The molecule has 2 aromatic heterocycles. The number of fused-ring (bicyclic) bond motifs is 1. The van der Waals surface area contributed by atoms with E-state index in [9.17, 15) is 4.39 Å². The van der Waals surface area contributed by atoms with Crippen LogP contribution in [0.1, 0.15) is 30.0 Å². The molecule has 1 saturated carbocycles. The van der Waals surface area contributed by atoms with E-state index in [0.717, 1.165) is 11.3 Å². The second-order valence-electron chi connectivity index (χ2n) is 4.04. The van der Waals surface area contributed by atoms with Crippen molar-refractivity contribution >= 4 is 5.65 Å². The van der Waals surface area contributed by atoms with Crippen LogP contribution in [-0.2, 0) is 0 Å². The maximum Gasteiger partial charge on any atom is 0.173 e. The molecule has 0 amide bonds. The topological polar surface area (TPSA) is 17.3 Å². The molecule has 0 saturated heterocycles. The van der Waals surface area contributed by atoms with Gasteiger partial charge in [-0.1, -0.05) is 0 Å². The number of halogens is 1. The lowest BCUT2D eigenvalue weighted by Gasteiger charge is -1.96. The Kier molecular flexibility index (Phi) is 1.46. The summed E-state index contributed by atoms with van der Waals surface area (Å²) in [5.74, 6) is 0.353. The van der Waals surface area contributed by atoms with Gasteiger partial charge in [-0.15, -0.1) is 0 Å². The molecule has 0 unspecified atom stereocenters. The molecular weight excluding hydrogens is 179 g/mol. The first-order chi connectivity index (χ1) is 6.74. The summed E-state index contributed by atoms with van der Waals surface area (Å²) in [5, 5.41) is 0. The van der Waals surface area contributed by atoms with E-state index in [-0.39, 0.29) is 5.82 Å². The minimum absolute atomic E-state index is 0.225. The average Bonchev–Trinajstić information content (AvgIpc) is 2.87. The summed E-state index contributed by atoms with van der Waals surface area (Å²) in [5.41, 5.74) is 2.42. The minimum Gasteiger partial charge on any atom is -0.304 e. The highest BCUT2D eigenvalue weighted by Gasteiger charge is 2.26. The molecule has 72 valence electrons. The minimum atomic E-state index is -0.225. The first-order valence-corrected chi connectivity index (χ1v) is 4.89. The highest BCUT2D eigenvalue weighted by Crippen LogP contribution is 2.39. The van der Waals surface area contributed by atoms with Crippen LogP contribution in [0.5, 0.6) is 0 Å². The highest BCUT2D eigenvalue weighted by atomic mass is 19.1. The fourth-order valence-electron chi connectivity index (χ4n) is 1.78. The van der Waals surface area contributed by atoms with Gasteiger partial charge >= 0.3 is 0 Å². The lowest BCUT2D eigenvalue weighted by Crippen LogP contribution is -1.89. The molecule has 0 bridgehead atoms. The van der Waals surface area contributed by atoms with Gasteiger partial charge in [0.05, 0.1) is 5.69 Å². The quantitative estimate of drug-likeness (QED) is 0.675. The Hall–Kier alpha value is -1.38. The monoisotopic (exact) mass is 190 g/mol. The zero-order valence-electron chi connectivity index (χ0n) is 8.00. The molecule has 2 aromatic rings. The SMILES string of the molecule is Cc1cc(F)c2nc(C3CC3)cn2c1. The third-order valence-corrected chi connectivity index (χ3v) is 2.66. The zero-order chi connectivity index (χ0) is 9.71.